The third kappa shape index (κ3) is 3.26. The van der Waals surface area contributed by atoms with Crippen LogP contribution < -0.4 is 11.1 Å². The van der Waals surface area contributed by atoms with E-state index < -0.39 is 13.0 Å². The number of nitrogens with two attached hydrogens (primary N) is 1. The summed E-state index contributed by atoms with van der Waals surface area (Å²) in [5.41, 5.74) is 5.59. The van der Waals surface area contributed by atoms with Crippen LogP contribution in [-0.4, -0.2) is 24.9 Å². The number of hydrogen-bond acceptors (Lipinski definition) is 2. The molecule has 3 N–H and O–H groups in total. The molecule has 1 aliphatic carbocycles. The fourth-order valence-corrected chi connectivity index (χ4v) is 1.58. The zero-order chi connectivity index (χ0) is 9.84. The first kappa shape index (κ1) is 10.4. The molecule has 0 aliphatic heterocycles. The third-order valence-electron chi connectivity index (χ3n) is 2.27. The number of rotatable bonds is 3. The normalized spacial score (nSPS) is 28.0. The Bertz CT molecular complexity index is 187. The summed E-state index contributed by atoms with van der Waals surface area (Å²) in [6.07, 6.45) is -0.322. The Morgan fingerprint density at radius 1 is 1.54 bits per heavy atom. The molecule has 0 aromatic heterocycles. The molecule has 0 radical (unpaired) electrons. The molecule has 1 amide bonds. The highest BCUT2D eigenvalue weighted by Crippen LogP contribution is 2.23. The number of hydrogen-bond donors (Lipinski definition) is 2. The highest BCUT2D eigenvalue weighted by atomic mass is 19.3. The van der Waals surface area contributed by atoms with Gasteiger partial charge in [-0.3, -0.25) is 4.79 Å². The molecule has 3 nitrogen and oxygen atoms in total. The van der Waals surface area contributed by atoms with Crippen LogP contribution in [0.5, 0.6) is 0 Å². The van der Waals surface area contributed by atoms with Crippen molar-refractivity contribution in [2.45, 2.75) is 31.7 Å². The second kappa shape index (κ2) is 4.50. The number of halogens is 2. The van der Waals surface area contributed by atoms with Gasteiger partial charge >= 0.3 is 0 Å². The standard InChI is InChI=1S/C8H14F2N2O/c9-7(10)4-12-8(13)5-1-2-6(11)3-5/h5-7H,1-4,11H2,(H,12,13). The quantitative estimate of drug-likeness (QED) is 0.684. The molecule has 1 aliphatic rings. The lowest BCUT2D eigenvalue weighted by molar-refractivity contribution is -0.125. The van der Waals surface area contributed by atoms with Crippen LogP contribution in [-0.2, 0) is 4.79 Å². The Morgan fingerprint density at radius 3 is 2.69 bits per heavy atom. The van der Waals surface area contributed by atoms with Gasteiger partial charge in [0, 0.05) is 12.0 Å². The lowest BCUT2D eigenvalue weighted by atomic mass is 10.1. The molecule has 1 saturated carbocycles. The summed E-state index contributed by atoms with van der Waals surface area (Å²) in [6.45, 7) is -0.551. The molecular weight excluding hydrogens is 178 g/mol. The Kier molecular flexibility index (Phi) is 3.59. The van der Waals surface area contributed by atoms with Gasteiger partial charge in [0.25, 0.3) is 6.43 Å². The lowest BCUT2D eigenvalue weighted by Crippen LogP contribution is -2.33. The van der Waals surface area contributed by atoms with E-state index in [0.717, 1.165) is 12.8 Å². The van der Waals surface area contributed by atoms with E-state index in [9.17, 15) is 13.6 Å². The molecule has 1 fully saturated rings. The Morgan fingerprint density at radius 2 is 2.23 bits per heavy atom. The van der Waals surface area contributed by atoms with Crippen molar-refractivity contribution in [2.24, 2.45) is 11.7 Å². The number of nitrogens with one attached hydrogen (secondary N) is 1. The van der Waals surface area contributed by atoms with Gasteiger partial charge in [0.1, 0.15) is 0 Å². The molecule has 2 unspecified atom stereocenters. The van der Waals surface area contributed by atoms with Gasteiger partial charge in [-0.15, -0.1) is 0 Å². The van der Waals surface area contributed by atoms with Crippen molar-refractivity contribution >= 4 is 5.91 Å². The maximum Gasteiger partial charge on any atom is 0.255 e. The molecule has 5 heteroatoms. The van der Waals surface area contributed by atoms with Crippen LogP contribution in [0.2, 0.25) is 0 Å². The van der Waals surface area contributed by atoms with Gasteiger partial charge in [0.05, 0.1) is 6.54 Å². The fraction of sp³-hybridized carbons (Fsp3) is 0.875. The highest BCUT2D eigenvalue weighted by Gasteiger charge is 2.27. The van der Waals surface area contributed by atoms with Crippen LogP contribution in [0.4, 0.5) is 8.78 Å². The van der Waals surface area contributed by atoms with Gasteiger partial charge < -0.3 is 11.1 Å². The summed E-state index contributed by atoms with van der Waals surface area (Å²) in [6, 6.07) is 0.0577. The maximum atomic E-state index is 11.7. The van der Waals surface area contributed by atoms with Gasteiger partial charge in [0.2, 0.25) is 5.91 Å². The average molecular weight is 192 g/mol. The highest BCUT2D eigenvalue weighted by molar-refractivity contribution is 5.78. The van der Waals surface area contributed by atoms with E-state index in [0.29, 0.717) is 6.42 Å². The van der Waals surface area contributed by atoms with E-state index in [2.05, 4.69) is 5.32 Å². The van der Waals surface area contributed by atoms with E-state index in [4.69, 9.17) is 5.73 Å². The summed E-state index contributed by atoms with van der Waals surface area (Å²) in [5, 5.41) is 2.20. The van der Waals surface area contributed by atoms with E-state index in [1.165, 1.54) is 0 Å². The minimum absolute atomic E-state index is 0.0577. The SMILES string of the molecule is NC1CCC(C(=O)NCC(F)F)C1. The topological polar surface area (TPSA) is 55.1 Å². The largest absolute Gasteiger partial charge is 0.350 e. The van der Waals surface area contributed by atoms with Gasteiger partial charge in [-0.1, -0.05) is 0 Å². The Balaban J connectivity index is 2.24. The summed E-state index contributed by atoms with van der Waals surface area (Å²) in [5.74, 6) is -0.443. The summed E-state index contributed by atoms with van der Waals surface area (Å²) >= 11 is 0. The van der Waals surface area contributed by atoms with Crippen LogP contribution in [0, 0.1) is 5.92 Å². The Labute approximate surface area is 75.7 Å². The molecule has 0 spiro atoms. The minimum Gasteiger partial charge on any atom is -0.350 e. The second-order valence-electron chi connectivity index (χ2n) is 3.41. The molecular formula is C8H14F2N2O. The minimum atomic E-state index is -2.47. The lowest BCUT2D eigenvalue weighted by Gasteiger charge is -2.09. The van der Waals surface area contributed by atoms with Crippen molar-refractivity contribution in [3.05, 3.63) is 0 Å². The first-order valence-corrected chi connectivity index (χ1v) is 4.41. The van der Waals surface area contributed by atoms with Crippen LogP contribution in [0.15, 0.2) is 0 Å². The molecule has 76 valence electrons. The molecule has 2 atom stereocenters. The van der Waals surface area contributed by atoms with Gasteiger partial charge in [0.15, 0.2) is 0 Å². The zero-order valence-electron chi connectivity index (χ0n) is 7.30. The number of carbonyl (C=O) groups excluding carboxylic acids is 1. The second-order valence-corrected chi connectivity index (χ2v) is 3.41. The maximum absolute atomic E-state index is 11.7. The molecule has 13 heavy (non-hydrogen) atoms. The summed E-state index contributed by atoms with van der Waals surface area (Å²) in [7, 11) is 0. The Hall–Kier alpha value is -0.710. The predicted molar refractivity (Wildman–Crippen MR) is 44.3 cm³/mol. The van der Waals surface area contributed by atoms with Crippen molar-refractivity contribution < 1.29 is 13.6 Å². The monoisotopic (exact) mass is 192 g/mol. The van der Waals surface area contributed by atoms with Gasteiger partial charge in [-0.05, 0) is 19.3 Å². The van der Waals surface area contributed by atoms with Gasteiger partial charge in [-0.2, -0.15) is 0 Å². The van der Waals surface area contributed by atoms with Crippen molar-refractivity contribution in [1.82, 2.24) is 5.32 Å². The summed E-state index contributed by atoms with van der Waals surface area (Å²) in [4.78, 5) is 11.2. The molecule has 0 bridgehead atoms. The number of alkyl halides is 2. The molecule has 0 aromatic rings. The van der Waals surface area contributed by atoms with Crippen molar-refractivity contribution in [3.8, 4) is 0 Å². The van der Waals surface area contributed by atoms with Crippen LogP contribution in [0.25, 0.3) is 0 Å². The third-order valence-corrected chi connectivity index (χ3v) is 2.27. The predicted octanol–water partition coefficient (Wildman–Crippen LogP) is 0.495. The first-order valence-electron chi connectivity index (χ1n) is 4.41. The van der Waals surface area contributed by atoms with Crippen molar-refractivity contribution in [1.29, 1.82) is 0 Å². The molecule has 0 heterocycles. The fourth-order valence-electron chi connectivity index (χ4n) is 1.58. The first-order chi connectivity index (χ1) is 6.09. The van der Waals surface area contributed by atoms with Crippen LogP contribution in [0.3, 0.4) is 0 Å². The number of amides is 1. The van der Waals surface area contributed by atoms with Crippen molar-refractivity contribution in [3.63, 3.8) is 0 Å². The van der Waals surface area contributed by atoms with Crippen LogP contribution >= 0.6 is 0 Å². The average Bonchev–Trinajstić information content (AvgIpc) is 2.47. The molecule has 1 rings (SSSR count). The van der Waals surface area contributed by atoms with Crippen molar-refractivity contribution in [2.75, 3.05) is 6.54 Å². The smallest absolute Gasteiger partial charge is 0.255 e. The molecule has 0 aromatic carbocycles. The van der Waals surface area contributed by atoms with Gasteiger partial charge in [-0.25, -0.2) is 8.78 Å². The number of carbonyl (C=O) groups is 1. The summed E-state index contributed by atoms with van der Waals surface area (Å²) < 4.78 is 23.4. The van der Waals surface area contributed by atoms with E-state index in [1.54, 1.807) is 0 Å². The zero-order valence-corrected chi connectivity index (χ0v) is 7.30. The van der Waals surface area contributed by atoms with E-state index >= 15 is 0 Å². The van der Waals surface area contributed by atoms with E-state index in [-0.39, 0.29) is 17.9 Å². The van der Waals surface area contributed by atoms with Crippen LogP contribution in [0.1, 0.15) is 19.3 Å². The molecule has 0 saturated heterocycles. The van der Waals surface area contributed by atoms with E-state index in [1.807, 2.05) is 0 Å².